The number of likely N-dealkylation sites (N-methyl/N-ethyl adjacent to an activating group) is 2. The van der Waals surface area contributed by atoms with Gasteiger partial charge < -0.3 is 25.4 Å². The number of hydrogen-bond acceptors (Lipinski definition) is 9. The van der Waals surface area contributed by atoms with E-state index in [1.165, 1.54) is 6.33 Å². The molecule has 0 spiro atoms. The van der Waals surface area contributed by atoms with Crippen LogP contribution in [0.25, 0.3) is 28.0 Å². The van der Waals surface area contributed by atoms with Crippen LogP contribution in [0.3, 0.4) is 0 Å². The first-order valence-corrected chi connectivity index (χ1v) is 13.8. The van der Waals surface area contributed by atoms with Crippen LogP contribution in [-0.2, 0) is 16.6 Å². The van der Waals surface area contributed by atoms with Crippen LogP contribution >= 0.6 is 0 Å². The molecule has 3 aromatic heterocycles. The number of anilines is 3. The van der Waals surface area contributed by atoms with Crippen LogP contribution in [0.5, 0.6) is 0 Å². The Morgan fingerprint density at radius 2 is 1.71 bits per heavy atom. The zero-order chi connectivity index (χ0) is 30.0. The van der Waals surface area contributed by atoms with E-state index in [2.05, 4.69) is 63.5 Å². The zero-order valence-electron chi connectivity index (χ0n) is 24.9. The lowest BCUT2D eigenvalue weighted by Gasteiger charge is -2.21. The number of carbonyl (C=O) groups excluding carboxylic acids is 1. The Morgan fingerprint density at radius 1 is 1.00 bits per heavy atom. The summed E-state index contributed by atoms with van der Waals surface area (Å²) in [4.78, 5) is 25.8. The second kappa shape index (κ2) is 11.6. The van der Waals surface area contributed by atoms with Crippen LogP contribution in [0.1, 0.15) is 32.2 Å². The van der Waals surface area contributed by atoms with Gasteiger partial charge in [0, 0.05) is 48.6 Å². The van der Waals surface area contributed by atoms with Gasteiger partial charge in [0.25, 0.3) is 0 Å². The number of nitrogens with zero attached hydrogens (tertiary/aromatic N) is 7. The molecule has 5 rings (SSSR count). The summed E-state index contributed by atoms with van der Waals surface area (Å²) < 4.78 is 7.14. The fraction of sp³-hybridized carbons (Fsp3) is 0.323. The molecule has 0 fully saturated rings. The lowest BCUT2D eigenvalue weighted by atomic mass is 9.93. The molecule has 11 heteroatoms. The Kier molecular flexibility index (Phi) is 7.95. The summed E-state index contributed by atoms with van der Waals surface area (Å²) in [6.07, 6.45) is 1.56. The average molecular weight is 568 g/mol. The standard InChI is InChI=1S/C31H37N9O2/c1-31(2,3)25-17-22(37-42-25)18-26(41)35-21-9-13-24(14-10-21)40-30-27(29(32)33-19-34-30)28(36-40)20-7-11-23(12-8-20)39(6)16-15-38(4)5/h7-14,17,19H,15-16,18H2,1-6H3,(H,35,41)(H2,32,33,34). The predicted molar refractivity (Wildman–Crippen MR) is 166 cm³/mol. The number of fused-ring (bicyclic) bond motifs is 1. The number of aromatic nitrogens is 5. The van der Waals surface area contributed by atoms with Crippen molar-refractivity contribution in [1.29, 1.82) is 0 Å². The van der Waals surface area contributed by atoms with Crippen molar-refractivity contribution < 1.29 is 9.32 Å². The zero-order valence-corrected chi connectivity index (χ0v) is 24.9. The van der Waals surface area contributed by atoms with Gasteiger partial charge in [0.2, 0.25) is 5.91 Å². The van der Waals surface area contributed by atoms with Gasteiger partial charge in [-0.1, -0.05) is 38.1 Å². The Hall–Kier alpha value is -4.77. The van der Waals surface area contributed by atoms with E-state index >= 15 is 0 Å². The van der Waals surface area contributed by atoms with Crippen LogP contribution < -0.4 is 16.0 Å². The molecule has 42 heavy (non-hydrogen) atoms. The summed E-state index contributed by atoms with van der Waals surface area (Å²) in [5.74, 6) is 0.924. The van der Waals surface area contributed by atoms with Gasteiger partial charge >= 0.3 is 0 Å². The number of rotatable bonds is 9. The predicted octanol–water partition coefficient (Wildman–Crippen LogP) is 4.53. The highest BCUT2D eigenvalue weighted by atomic mass is 16.5. The van der Waals surface area contributed by atoms with E-state index in [-0.39, 0.29) is 17.7 Å². The molecule has 5 aromatic rings. The topological polar surface area (TPSA) is 131 Å². The molecule has 2 aromatic carbocycles. The normalized spacial score (nSPS) is 11.8. The summed E-state index contributed by atoms with van der Waals surface area (Å²) in [5, 5.41) is 12.5. The van der Waals surface area contributed by atoms with Crippen LogP contribution in [0.15, 0.2) is 65.4 Å². The fourth-order valence-electron chi connectivity index (χ4n) is 4.51. The van der Waals surface area contributed by atoms with Gasteiger partial charge in [0.05, 0.1) is 23.2 Å². The molecule has 0 atom stereocenters. The Labute approximate surface area is 245 Å². The molecule has 0 unspecified atom stereocenters. The highest BCUT2D eigenvalue weighted by molar-refractivity contribution is 5.99. The van der Waals surface area contributed by atoms with Crippen molar-refractivity contribution in [3.05, 3.63) is 72.4 Å². The third-order valence-corrected chi connectivity index (χ3v) is 6.99. The van der Waals surface area contributed by atoms with Crippen LogP contribution in [0.2, 0.25) is 0 Å². The second-order valence-corrected chi connectivity index (χ2v) is 11.7. The molecule has 0 aliphatic rings. The Morgan fingerprint density at radius 3 is 2.36 bits per heavy atom. The minimum Gasteiger partial charge on any atom is -0.383 e. The smallest absolute Gasteiger partial charge is 0.230 e. The van der Waals surface area contributed by atoms with E-state index < -0.39 is 0 Å². The van der Waals surface area contributed by atoms with Gasteiger partial charge in [-0.25, -0.2) is 14.6 Å². The van der Waals surface area contributed by atoms with E-state index in [0.29, 0.717) is 33.9 Å². The number of benzene rings is 2. The van der Waals surface area contributed by atoms with E-state index in [9.17, 15) is 4.79 Å². The van der Waals surface area contributed by atoms with Gasteiger partial charge in [-0.05, 0) is 50.5 Å². The van der Waals surface area contributed by atoms with E-state index in [0.717, 1.165) is 35.8 Å². The van der Waals surface area contributed by atoms with Crippen molar-refractivity contribution in [1.82, 2.24) is 29.8 Å². The largest absolute Gasteiger partial charge is 0.383 e. The summed E-state index contributed by atoms with van der Waals surface area (Å²) in [7, 11) is 6.21. The van der Waals surface area contributed by atoms with Gasteiger partial charge in [-0.2, -0.15) is 5.10 Å². The van der Waals surface area contributed by atoms with Crippen LogP contribution in [0.4, 0.5) is 17.2 Å². The molecule has 218 valence electrons. The van der Waals surface area contributed by atoms with Gasteiger partial charge in [-0.3, -0.25) is 4.79 Å². The number of nitrogen functional groups attached to an aromatic ring is 1. The molecule has 1 amide bonds. The quantitative estimate of drug-likeness (QED) is 0.264. The van der Waals surface area contributed by atoms with Crippen LogP contribution in [-0.4, -0.2) is 69.9 Å². The van der Waals surface area contributed by atoms with Crippen LogP contribution in [0, 0.1) is 0 Å². The molecule has 0 radical (unpaired) electrons. The highest BCUT2D eigenvalue weighted by Gasteiger charge is 2.21. The van der Waals surface area contributed by atoms with Gasteiger partial charge in [0.1, 0.15) is 23.6 Å². The maximum absolute atomic E-state index is 12.7. The molecule has 0 aliphatic heterocycles. The molecule has 0 aliphatic carbocycles. The molecule has 0 bridgehead atoms. The Balaban J connectivity index is 1.36. The molecule has 3 heterocycles. The fourth-order valence-corrected chi connectivity index (χ4v) is 4.51. The van der Waals surface area contributed by atoms with Crippen molar-refractivity contribution in [2.24, 2.45) is 0 Å². The molecular weight excluding hydrogens is 530 g/mol. The molecular formula is C31H37N9O2. The number of amides is 1. The van der Waals surface area contributed by atoms with E-state index in [1.54, 1.807) is 4.68 Å². The first-order valence-electron chi connectivity index (χ1n) is 13.8. The minimum absolute atomic E-state index is 0.120. The second-order valence-electron chi connectivity index (χ2n) is 11.7. The highest BCUT2D eigenvalue weighted by Crippen LogP contribution is 2.33. The van der Waals surface area contributed by atoms with Crippen molar-refractivity contribution in [3.8, 4) is 16.9 Å². The van der Waals surface area contributed by atoms with Gasteiger partial charge in [0.15, 0.2) is 5.65 Å². The third-order valence-electron chi connectivity index (χ3n) is 6.99. The first kappa shape index (κ1) is 28.7. The lowest BCUT2D eigenvalue weighted by molar-refractivity contribution is -0.115. The molecule has 0 saturated heterocycles. The third kappa shape index (κ3) is 6.26. The maximum Gasteiger partial charge on any atom is 0.230 e. The maximum atomic E-state index is 12.7. The molecule has 3 N–H and O–H groups in total. The van der Waals surface area contributed by atoms with Crippen molar-refractivity contribution in [3.63, 3.8) is 0 Å². The molecule has 11 nitrogen and oxygen atoms in total. The lowest BCUT2D eigenvalue weighted by Crippen LogP contribution is -2.28. The van der Waals surface area contributed by atoms with Gasteiger partial charge in [-0.15, -0.1) is 0 Å². The number of nitrogens with one attached hydrogen (secondary N) is 1. The average Bonchev–Trinajstić information content (AvgIpc) is 3.58. The summed E-state index contributed by atoms with van der Waals surface area (Å²) in [5.41, 5.74) is 11.5. The van der Waals surface area contributed by atoms with Crippen molar-refractivity contribution >= 4 is 34.1 Å². The SMILES string of the molecule is CN(C)CCN(C)c1ccc(-c2nn(-c3ccc(NC(=O)Cc4cc(C(C)(C)C)on4)cc3)c3ncnc(N)c23)cc1. The monoisotopic (exact) mass is 567 g/mol. The number of carbonyl (C=O) groups is 1. The van der Waals surface area contributed by atoms with E-state index in [1.807, 2.05) is 63.2 Å². The van der Waals surface area contributed by atoms with E-state index in [4.69, 9.17) is 15.4 Å². The number of nitrogens with two attached hydrogens (primary N) is 1. The Bertz CT molecular complexity index is 1680. The number of hydrogen-bond donors (Lipinski definition) is 2. The first-order chi connectivity index (χ1) is 20.0. The van der Waals surface area contributed by atoms with Crippen molar-refractivity contribution in [2.45, 2.75) is 32.6 Å². The molecule has 0 saturated carbocycles. The summed E-state index contributed by atoms with van der Waals surface area (Å²) in [6, 6.07) is 17.5. The summed E-state index contributed by atoms with van der Waals surface area (Å²) in [6.45, 7) is 7.99. The van der Waals surface area contributed by atoms with Crippen molar-refractivity contribution in [2.75, 3.05) is 50.2 Å². The summed E-state index contributed by atoms with van der Waals surface area (Å²) >= 11 is 0. The minimum atomic E-state index is -0.181.